The first-order valence-electron chi connectivity index (χ1n) is 10.3. The van der Waals surface area contributed by atoms with Crippen molar-refractivity contribution < 1.29 is 14.0 Å². The third kappa shape index (κ3) is 3.98. The van der Waals surface area contributed by atoms with Gasteiger partial charge >= 0.3 is 0 Å². The van der Waals surface area contributed by atoms with Crippen molar-refractivity contribution >= 4 is 55.4 Å². The molecule has 0 saturated carbocycles. The van der Waals surface area contributed by atoms with Crippen LogP contribution < -0.4 is 5.32 Å². The van der Waals surface area contributed by atoms with Gasteiger partial charge in [0.15, 0.2) is 4.96 Å². The Balaban J connectivity index is 1.31. The van der Waals surface area contributed by atoms with Crippen molar-refractivity contribution in [3.05, 3.63) is 62.2 Å². The van der Waals surface area contributed by atoms with Crippen molar-refractivity contribution in [1.29, 1.82) is 0 Å². The molecule has 1 aliphatic heterocycles. The van der Waals surface area contributed by atoms with Crippen LogP contribution in [0.3, 0.4) is 0 Å². The SMILES string of the molecule is Cc1nc(C(=O)N2CCC2CNC(=O)c2c(C)nc3sccn23)c(-c2ccc(F)c(Br)c2)s1. The lowest BCUT2D eigenvalue weighted by Gasteiger charge is -2.40. The van der Waals surface area contributed by atoms with E-state index in [1.54, 1.807) is 21.4 Å². The Bertz CT molecular complexity index is 1390. The number of imidazole rings is 1. The maximum Gasteiger partial charge on any atom is 0.274 e. The zero-order valence-corrected chi connectivity index (χ0v) is 21.0. The summed E-state index contributed by atoms with van der Waals surface area (Å²) in [5.41, 5.74) is 2.29. The maximum atomic E-state index is 13.7. The number of aryl methyl sites for hydroxylation is 2. The van der Waals surface area contributed by atoms with E-state index in [2.05, 4.69) is 31.2 Å². The standard InChI is InChI=1S/C22H19BrFN5O2S2/c1-11-18(29-7-8-32-22(29)26-11)20(30)25-10-14-5-6-28(14)21(31)17-19(33-12(2)27-17)13-3-4-16(24)15(23)9-13/h3-4,7-9,14H,5-6,10H2,1-2H3,(H,25,30). The molecule has 0 spiro atoms. The first-order valence-corrected chi connectivity index (χ1v) is 12.8. The Hall–Kier alpha value is -2.63. The summed E-state index contributed by atoms with van der Waals surface area (Å²) in [7, 11) is 0. The van der Waals surface area contributed by atoms with Crippen LogP contribution in [0.5, 0.6) is 0 Å². The molecule has 0 radical (unpaired) electrons. The molecule has 7 nitrogen and oxygen atoms in total. The van der Waals surface area contributed by atoms with Crippen LogP contribution in [-0.2, 0) is 0 Å². The molecule has 1 aliphatic rings. The van der Waals surface area contributed by atoms with Crippen molar-refractivity contribution in [3.63, 3.8) is 0 Å². The number of rotatable bonds is 5. The number of likely N-dealkylation sites (tertiary alicyclic amines) is 1. The van der Waals surface area contributed by atoms with Crippen LogP contribution in [0.2, 0.25) is 0 Å². The van der Waals surface area contributed by atoms with Gasteiger partial charge in [-0.1, -0.05) is 6.07 Å². The van der Waals surface area contributed by atoms with E-state index in [4.69, 9.17) is 0 Å². The average molecular weight is 548 g/mol. The van der Waals surface area contributed by atoms with Crippen molar-refractivity contribution in [1.82, 2.24) is 24.6 Å². The van der Waals surface area contributed by atoms with Gasteiger partial charge in [0.25, 0.3) is 11.8 Å². The summed E-state index contributed by atoms with van der Waals surface area (Å²) in [4.78, 5) is 38.2. The normalized spacial score (nSPS) is 15.6. The minimum absolute atomic E-state index is 0.109. The number of carbonyl (C=O) groups excluding carboxylic acids is 2. The molecule has 1 atom stereocenters. The first kappa shape index (κ1) is 22.2. The number of carbonyl (C=O) groups is 2. The lowest BCUT2D eigenvalue weighted by atomic mass is 10.0. The minimum atomic E-state index is -0.362. The number of benzene rings is 1. The number of aromatic nitrogens is 3. The van der Waals surface area contributed by atoms with Crippen LogP contribution in [0.15, 0.2) is 34.2 Å². The average Bonchev–Trinajstić information content (AvgIpc) is 3.43. The van der Waals surface area contributed by atoms with E-state index in [0.717, 1.165) is 22.0 Å². The highest BCUT2D eigenvalue weighted by molar-refractivity contribution is 9.10. The molecule has 3 aromatic heterocycles. The number of halogens is 2. The number of thiazole rings is 2. The smallest absolute Gasteiger partial charge is 0.274 e. The molecule has 4 heterocycles. The molecule has 1 saturated heterocycles. The van der Waals surface area contributed by atoms with E-state index in [1.807, 2.05) is 25.4 Å². The largest absolute Gasteiger partial charge is 0.349 e. The second kappa shape index (κ2) is 8.62. The van der Waals surface area contributed by atoms with Crippen LogP contribution in [0.1, 0.15) is 38.1 Å². The van der Waals surface area contributed by atoms with E-state index in [9.17, 15) is 14.0 Å². The first-order chi connectivity index (χ1) is 15.8. The molecule has 0 bridgehead atoms. The second-order valence-electron chi connectivity index (χ2n) is 7.79. The summed E-state index contributed by atoms with van der Waals surface area (Å²) in [6.45, 7) is 4.61. The second-order valence-corrected chi connectivity index (χ2v) is 10.7. The van der Waals surface area contributed by atoms with Gasteiger partial charge in [-0.3, -0.25) is 14.0 Å². The Kier molecular flexibility index (Phi) is 5.79. The molecule has 1 unspecified atom stereocenters. The molecule has 2 amide bonds. The predicted octanol–water partition coefficient (Wildman–Crippen LogP) is 4.68. The molecule has 170 valence electrons. The molecular weight excluding hydrogens is 529 g/mol. The summed E-state index contributed by atoms with van der Waals surface area (Å²) in [5, 5.41) is 5.60. The van der Waals surface area contributed by atoms with Crippen LogP contribution in [0.4, 0.5) is 4.39 Å². The molecule has 4 aromatic rings. The van der Waals surface area contributed by atoms with Gasteiger partial charge in [-0.15, -0.1) is 22.7 Å². The van der Waals surface area contributed by atoms with Gasteiger partial charge in [-0.2, -0.15) is 0 Å². The summed E-state index contributed by atoms with van der Waals surface area (Å²) < 4.78 is 15.8. The maximum absolute atomic E-state index is 13.7. The molecule has 5 rings (SSSR count). The fourth-order valence-electron chi connectivity index (χ4n) is 3.92. The van der Waals surface area contributed by atoms with Gasteiger partial charge in [0.05, 0.1) is 26.1 Å². The van der Waals surface area contributed by atoms with Crippen LogP contribution in [0, 0.1) is 19.7 Å². The fourth-order valence-corrected chi connectivity index (χ4v) is 5.97. The number of nitrogens with one attached hydrogen (secondary N) is 1. The zero-order valence-electron chi connectivity index (χ0n) is 17.8. The number of amides is 2. The Morgan fingerprint density at radius 3 is 2.85 bits per heavy atom. The third-order valence-corrected chi connectivity index (χ3v) is 8.06. The van der Waals surface area contributed by atoms with Crippen molar-refractivity contribution in [3.8, 4) is 10.4 Å². The number of fused-ring (bicyclic) bond motifs is 1. The van der Waals surface area contributed by atoms with Gasteiger partial charge in [0.2, 0.25) is 0 Å². The topological polar surface area (TPSA) is 79.6 Å². The van der Waals surface area contributed by atoms with Crippen LogP contribution in [-0.4, -0.2) is 50.2 Å². The highest BCUT2D eigenvalue weighted by Gasteiger charge is 2.35. The van der Waals surface area contributed by atoms with E-state index >= 15 is 0 Å². The van der Waals surface area contributed by atoms with Gasteiger partial charge < -0.3 is 10.2 Å². The van der Waals surface area contributed by atoms with Crippen molar-refractivity contribution in [2.45, 2.75) is 26.3 Å². The van der Waals surface area contributed by atoms with E-state index < -0.39 is 0 Å². The quantitative estimate of drug-likeness (QED) is 0.393. The summed E-state index contributed by atoms with van der Waals surface area (Å²) in [6, 6.07) is 4.57. The number of hydrogen-bond acceptors (Lipinski definition) is 6. The Labute approximate surface area is 205 Å². The van der Waals surface area contributed by atoms with Gasteiger partial charge in [-0.05, 0) is 53.9 Å². The van der Waals surface area contributed by atoms with E-state index in [1.165, 1.54) is 28.7 Å². The summed E-state index contributed by atoms with van der Waals surface area (Å²) in [6.07, 6.45) is 2.62. The Morgan fingerprint density at radius 1 is 1.30 bits per heavy atom. The van der Waals surface area contributed by atoms with Gasteiger partial charge in [-0.25, -0.2) is 14.4 Å². The van der Waals surface area contributed by atoms with Crippen molar-refractivity contribution in [2.75, 3.05) is 13.1 Å². The van der Waals surface area contributed by atoms with Gasteiger partial charge in [0, 0.05) is 24.7 Å². The minimum Gasteiger partial charge on any atom is -0.349 e. The van der Waals surface area contributed by atoms with Gasteiger partial charge in [0.1, 0.15) is 17.2 Å². The lowest BCUT2D eigenvalue weighted by molar-refractivity contribution is 0.0451. The molecule has 0 aliphatic carbocycles. The molecule has 1 aromatic carbocycles. The van der Waals surface area contributed by atoms with Crippen LogP contribution >= 0.6 is 38.6 Å². The molecular formula is C22H19BrFN5O2S2. The van der Waals surface area contributed by atoms with Crippen LogP contribution in [0.25, 0.3) is 15.4 Å². The molecule has 1 N–H and O–H groups in total. The molecule has 1 fully saturated rings. The third-order valence-electron chi connectivity index (χ3n) is 5.67. The molecule has 33 heavy (non-hydrogen) atoms. The number of hydrogen-bond donors (Lipinski definition) is 1. The zero-order chi connectivity index (χ0) is 23.3. The summed E-state index contributed by atoms with van der Waals surface area (Å²) >= 11 is 6.09. The lowest BCUT2D eigenvalue weighted by Crippen LogP contribution is -2.56. The summed E-state index contributed by atoms with van der Waals surface area (Å²) in [5.74, 6) is -0.750. The fraction of sp³-hybridized carbons (Fsp3) is 0.273. The monoisotopic (exact) mass is 547 g/mol. The Morgan fingerprint density at radius 2 is 2.12 bits per heavy atom. The van der Waals surface area contributed by atoms with E-state index in [-0.39, 0.29) is 23.7 Å². The molecule has 11 heteroatoms. The van der Waals surface area contributed by atoms with Crippen molar-refractivity contribution in [2.24, 2.45) is 0 Å². The van der Waals surface area contributed by atoms with E-state index in [0.29, 0.717) is 39.5 Å². The predicted molar refractivity (Wildman–Crippen MR) is 130 cm³/mol. The highest BCUT2D eigenvalue weighted by atomic mass is 79.9. The number of nitrogens with zero attached hydrogens (tertiary/aromatic N) is 4. The highest BCUT2D eigenvalue weighted by Crippen LogP contribution is 2.34.